The van der Waals surface area contributed by atoms with Crippen molar-refractivity contribution in [2.75, 3.05) is 12.8 Å². The number of anilines is 1. The highest BCUT2D eigenvalue weighted by Gasteiger charge is 2.04. The predicted octanol–water partition coefficient (Wildman–Crippen LogP) is 3.31. The molecule has 1 aromatic rings. The van der Waals surface area contributed by atoms with Crippen LogP contribution in [-0.2, 0) is 0 Å². The molecule has 0 bridgehead atoms. The van der Waals surface area contributed by atoms with Gasteiger partial charge in [-0.05, 0) is 47.0 Å². The Bertz CT molecular complexity index is 436. The van der Waals surface area contributed by atoms with Crippen LogP contribution in [0.5, 0.6) is 0 Å². The van der Waals surface area contributed by atoms with Crippen LogP contribution in [0.2, 0.25) is 0 Å². The van der Waals surface area contributed by atoms with E-state index in [-0.39, 0.29) is 0 Å². The fourth-order valence-corrected chi connectivity index (χ4v) is 1.75. The summed E-state index contributed by atoms with van der Waals surface area (Å²) in [7, 11) is 1.80. The molecule has 1 rings (SSSR count). The van der Waals surface area contributed by atoms with Crippen LogP contribution < -0.4 is 5.73 Å². The van der Waals surface area contributed by atoms with E-state index >= 15 is 0 Å². The topological polar surface area (TPSA) is 51.3 Å². The first-order chi connectivity index (χ1) is 7.58. The highest BCUT2D eigenvalue weighted by molar-refractivity contribution is 9.10. The van der Waals surface area contributed by atoms with Crippen molar-refractivity contribution in [3.8, 4) is 0 Å². The lowest BCUT2D eigenvalue weighted by Crippen LogP contribution is -1.98. The molecule has 3 nitrogen and oxygen atoms in total. The molecule has 16 heavy (non-hydrogen) atoms. The van der Waals surface area contributed by atoms with E-state index in [1.54, 1.807) is 13.2 Å². The highest BCUT2D eigenvalue weighted by Crippen LogP contribution is 2.23. The average molecular weight is 282 g/mol. The molecule has 2 N–H and O–H groups in total. The lowest BCUT2D eigenvalue weighted by atomic mass is 10.1. The van der Waals surface area contributed by atoms with E-state index in [1.165, 1.54) is 0 Å². The number of aliphatic imine (C=N–C) groups is 1. The van der Waals surface area contributed by atoms with Crippen molar-refractivity contribution in [1.82, 2.24) is 4.98 Å². The minimum absolute atomic E-state index is 0.545. The fourth-order valence-electron chi connectivity index (χ4n) is 1.42. The number of pyridine rings is 1. The van der Waals surface area contributed by atoms with Crippen molar-refractivity contribution in [3.05, 3.63) is 28.4 Å². The zero-order valence-corrected chi connectivity index (χ0v) is 11.4. The maximum atomic E-state index is 5.84. The summed E-state index contributed by atoms with van der Waals surface area (Å²) in [5.41, 5.74) is 8.91. The summed E-state index contributed by atoms with van der Waals surface area (Å²) in [5, 5.41) is 0. The van der Waals surface area contributed by atoms with E-state index in [9.17, 15) is 0 Å². The monoisotopic (exact) mass is 281 g/mol. The molecular formula is C12H16BrN3. The molecule has 0 aliphatic carbocycles. The minimum Gasteiger partial charge on any atom is -0.383 e. The number of hydrogen-bond acceptors (Lipinski definition) is 3. The van der Waals surface area contributed by atoms with Gasteiger partial charge < -0.3 is 5.73 Å². The highest BCUT2D eigenvalue weighted by atomic mass is 79.9. The maximum Gasteiger partial charge on any atom is 0.130 e. The molecule has 1 aromatic heterocycles. The van der Waals surface area contributed by atoms with Gasteiger partial charge >= 0.3 is 0 Å². The third-order valence-corrected chi connectivity index (χ3v) is 2.78. The molecule has 1 heterocycles. The molecule has 4 heteroatoms. The standard InChI is InChI=1S/C12H16BrN3/c1-4-10(15-3)5-8(2)11-6-9(13)7-16-12(11)14/h5-7H,4H2,1-3H3,(H2,14,16)/b8-5+,15-10-. The molecule has 0 amide bonds. The van der Waals surface area contributed by atoms with E-state index in [0.717, 1.165) is 27.7 Å². The SMILES string of the molecule is CCC(/C=C(\C)c1cc(Br)cnc1N)=N/C. The molecule has 0 atom stereocenters. The van der Waals surface area contributed by atoms with Gasteiger partial charge in [-0.1, -0.05) is 6.92 Å². The summed E-state index contributed by atoms with van der Waals surface area (Å²) >= 11 is 3.39. The van der Waals surface area contributed by atoms with Gasteiger partial charge in [-0.15, -0.1) is 0 Å². The maximum absolute atomic E-state index is 5.84. The van der Waals surface area contributed by atoms with Crippen LogP contribution in [0.4, 0.5) is 5.82 Å². The fraction of sp³-hybridized carbons (Fsp3) is 0.333. The van der Waals surface area contributed by atoms with Gasteiger partial charge in [-0.3, -0.25) is 4.99 Å². The molecule has 0 unspecified atom stereocenters. The summed E-state index contributed by atoms with van der Waals surface area (Å²) < 4.78 is 0.927. The Hall–Kier alpha value is -1.16. The second-order valence-electron chi connectivity index (χ2n) is 3.48. The number of halogens is 1. The summed E-state index contributed by atoms with van der Waals surface area (Å²) in [5.74, 6) is 0.545. The second-order valence-corrected chi connectivity index (χ2v) is 4.40. The third kappa shape index (κ3) is 3.17. The van der Waals surface area contributed by atoms with Crippen LogP contribution in [0.3, 0.4) is 0 Å². The molecule has 0 aliphatic rings. The number of nitrogen functional groups attached to an aromatic ring is 1. The summed E-state index contributed by atoms with van der Waals surface area (Å²) in [6, 6.07) is 1.97. The van der Waals surface area contributed by atoms with Gasteiger partial charge in [0.1, 0.15) is 5.82 Å². The first-order valence-corrected chi connectivity index (χ1v) is 5.93. The summed E-state index contributed by atoms with van der Waals surface area (Å²) in [6.45, 7) is 4.09. The van der Waals surface area contributed by atoms with Crippen molar-refractivity contribution >= 4 is 33.0 Å². The lowest BCUT2D eigenvalue weighted by Gasteiger charge is -2.06. The smallest absolute Gasteiger partial charge is 0.130 e. The van der Waals surface area contributed by atoms with Gasteiger partial charge in [0.2, 0.25) is 0 Å². The van der Waals surface area contributed by atoms with E-state index in [4.69, 9.17) is 5.73 Å². The Balaban J connectivity index is 3.13. The summed E-state index contributed by atoms with van der Waals surface area (Å²) in [6.07, 6.45) is 4.65. The zero-order valence-electron chi connectivity index (χ0n) is 9.79. The Morgan fingerprint density at radius 3 is 2.88 bits per heavy atom. The van der Waals surface area contributed by atoms with Gasteiger partial charge in [0.05, 0.1) is 0 Å². The van der Waals surface area contributed by atoms with Gasteiger partial charge in [0.15, 0.2) is 0 Å². The zero-order chi connectivity index (χ0) is 12.1. The number of rotatable bonds is 3. The van der Waals surface area contributed by atoms with Gasteiger partial charge in [0.25, 0.3) is 0 Å². The van der Waals surface area contributed by atoms with E-state index in [2.05, 4.69) is 32.8 Å². The first kappa shape index (κ1) is 12.9. The quantitative estimate of drug-likeness (QED) is 0.865. The average Bonchev–Trinajstić information content (AvgIpc) is 2.28. The van der Waals surface area contributed by atoms with E-state index in [1.807, 2.05) is 19.1 Å². The number of nitrogens with two attached hydrogens (primary N) is 1. The molecule has 0 fully saturated rings. The van der Waals surface area contributed by atoms with E-state index in [0.29, 0.717) is 5.82 Å². The summed E-state index contributed by atoms with van der Waals surface area (Å²) in [4.78, 5) is 8.30. The molecule has 0 spiro atoms. The molecular weight excluding hydrogens is 266 g/mol. The van der Waals surface area contributed by atoms with Crippen molar-refractivity contribution in [3.63, 3.8) is 0 Å². The number of allylic oxidation sites excluding steroid dienone is 2. The van der Waals surface area contributed by atoms with Gasteiger partial charge in [-0.25, -0.2) is 4.98 Å². The Kier molecular flexibility index (Phi) is 4.68. The Morgan fingerprint density at radius 1 is 1.62 bits per heavy atom. The van der Waals surface area contributed by atoms with Crippen LogP contribution in [0.1, 0.15) is 25.8 Å². The normalized spacial score (nSPS) is 13.0. The molecule has 86 valence electrons. The third-order valence-electron chi connectivity index (χ3n) is 2.34. The van der Waals surface area contributed by atoms with E-state index < -0.39 is 0 Å². The first-order valence-electron chi connectivity index (χ1n) is 5.13. The number of aromatic nitrogens is 1. The van der Waals surface area contributed by atoms with Crippen molar-refractivity contribution < 1.29 is 0 Å². The number of hydrogen-bond donors (Lipinski definition) is 1. The van der Waals surface area contributed by atoms with Crippen LogP contribution in [0.15, 0.2) is 27.8 Å². The molecule has 0 radical (unpaired) electrons. The Morgan fingerprint density at radius 2 is 2.31 bits per heavy atom. The van der Waals surface area contributed by atoms with Crippen LogP contribution in [0, 0.1) is 0 Å². The van der Waals surface area contributed by atoms with Gasteiger partial charge in [-0.2, -0.15) is 0 Å². The number of nitrogens with zero attached hydrogens (tertiary/aromatic N) is 2. The van der Waals surface area contributed by atoms with Crippen molar-refractivity contribution in [2.45, 2.75) is 20.3 Å². The van der Waals surface area contributed by atoms with Crippen molar-refractivity contribution in [1.29, 1.82) is 0 Å². The van der Waals surface area contributed by atoms with Crippen LogP contribution in [-0.4, -0.2) is 17.7 Å². The minimum atomic E-state index is 0.545. The predicted molar refractivity (Wildman–Crippen MR) is 73.7 cm³/mol. The molecule has 0 saturated heterocycles. The molecule has 0 saturated carbocycles. The lowest BCUT2D eigenvalue weighted by molar-refractivity contribution is 1.25. The second kappa shape index (κ2) is 5.80. The van der Waals surface area contributed by atoms with Crippen molar-refractivity contribution in [2.24, 2.45) is 4.99 Å². The van der Waals surface area contributed by atoms with Crippen LogP contribution in [0.25, 0.3) is 5.57 Å². The largest absolute Gasteiger partial charge is 0.383 e. The Labute approximate surface area is 105 Å². The molecule has 0 aromatic carbocycles. The van der Waals surface area contributed by atoms with Gasteiger partial charge in [0, 0.05) is 29.0 Å². The van der Waals surface area contributed by atoms with Crippen LogP contribution >= 0.6 is 15.9 Å². The molecule has 0 aliphatic heterocycles.